The summed E-state index contributed by atoms with van der Waals surface area (Å²) >= 11 is 0. The number of hydrogen-bond donors (Lipinski definition) is 1. The van der Waals surface area contributed by atoms with Crippen LogP contribution in [0.15, 0.2) is 18.2 Å². The second-order valence-electron chi connectivity index (χ2n) is 5.74. The van der Waals surface area contributed by atoms with Crippen molar-refractivity contribution in [3.8, 4) is 11.5 Å². The maximum atomic E-state index is 11.9. The van der Waals surface area contributed by atoms with E-state index >= 15 is 0 Å². The van der Waals surface area contributed by atoms with Crippen molar-refractivity contribution in [1.82, 2.24) is 5.32 Å². The first-order valence-electron chi connectivity index (χ1n) is 6.47. The average molecular weight is 263 g/mol. The lowest BCUT2D eigenvalue weighted by molar-refractivity contribution is -0.126. The molecule has 2 rings (SSSR count). The molecule has 19 heavy (non-hydrogen) atoms. The molecule has 1 aliphatic heterocycles. The molecule has 1 saturated heterocycles. The van der Waals surface area contributed by atoms with Crippen molar-refractivity contribution in [1.29, 1.82) is 0 Å². The van der Waals surface area contributed by atoms with Crippen LogP contribution in [0.1, 0.15) is 38.3 Å². The van der Waals surface area contributed by atoms with Crippen LogP contribution >= 0.6 is 0 Å². The molecule has 1 amide bonds. The lowest BCUT2D eigenvalue weighted by atomic mass is 9.77. The highest BCUT2D eigenvalue weighted by Gasteiger charge is 2.35. The molecule has 0 radical (unpaired) electrons. The summed E-state index contributed by atoms with van der Waals surface area (Å²) in [5.41, 5.74) is 0.910. The highest BCUT2D eigenvalue weighted by molar-refractivity contribution is 5.78. The Bertz CT molecular complexity index is 460. The molecule has 1 atom stereocenters. The predicted molar refractivity (Wildman–Crippen MR) is 73.4 cm³/mol. The van der Waals surface area contributed by atoms with E-state index in [1.54, 1.807) is 14.2 Å². The Hall–Kier alpha value is -1.71. The van der Waals surface area contributed by atoms with Crippen LogP contribution in [0.2, 0.25) is 0 Å². The summed E-state index contributed by atoms with van der Waals surface area (Å²) in [5, 5.41) is 3.04. The first-order chi connectivity index (χ1) is 8.96. The molecular formula is C15H21NO3. The third kappa shape index (κ3) is 2.83. The number of piperidine rings is 1. The predicted octanol–water partition coefficient (Wildman–Crippen LogP) is 2.68. The van der Waals surface area contributed by atoms with Crippen molar-refractivity contribution in [3.05, 3.63) is 23.8 Å². The van der Waals surface area contributed by atoms with Gasteiger partial charge in [0.1, 0.15) is 11.5 Å². The Labute approximate surface area is 114 Å². The molecule has 1 aliphatic rings. The van der Waals surface area contributed by atoms with Gasteiger partial charge in [0.2, 0.25) is 5.91 Å². The minimum absolute atomic E-state index is 0.0150. The molecule has 0 saturated carbocycles. The average Bonchev–Trinajstić information content (AvgIpc) is 2.35. The van der Waals surface area contributed by atoms with Crippen LogP contribution in [-0.4, -0.2) is 20.1 Å². The molecule has 1 heterocycles. The zero-order valence-corrected chi connectivity index (χ0v) is 11.9. The van der Waals surface area contributed by atoms with Gasteiger partial charge in [0, 0.05) is 6.42 Å². The molecule has 104 valence electrons. The van der Waals surface area contributed by atoms with Crippen molar-refractivity contribution in [3.63, 3.8) is 0 Å². The largest absolute Gasteiger partial charge is 0.496 e. The van der Waals surface area contributed by atoms with E-state index in [1.807, 2.05) is 18.2 Å². The molecule has 1 aromatic carbocycles. The van der Waals surface area contributed by atoms with Gasteiger partial charge in [-0.1, -0.05) is 19.9 Å². The van der Waals surface area contributed by atoms with E-state index in [4.69, 9.17) is 9.47 Å². The fraction of sp³-hybridized carbons (Fsp3) is 0.533. The normalized spacial score (nSPS) is 21.7. The summed E-state index contributed by atoms with van der Waals surface area (Å²) in [6, 6.07) is 5.61. The van der Waals surface area contributed by atoms with Crippen molar-refractivity contribution >= 4 is 5.91 Å². The Morgan fingerprint density at radius 2 is 1.79 bits per heavy atom. The Kier molecular flexibility index (Phi) is 3.69. The number of methoxy groups -OCH3 is 2. The van der Waals surface area contributed by atoms with Crippen LogP contribution in [0.25, 0.3) is 0 Å². The van der Waals surface area contributed by atoms with Gasteiger partial charge in [0.25, 0.3) is 0 Å². The third-order valence-corrected chi connectivity index (χ3v) is 3.55. The van der Waals surface area contributed by atoms with E-state index in [2.05, 4.69) is 19.2 Å². The van der Waals surface area contributed by atoms with Gasteiger partial charge in [-0.25, -0.2) is 0 Å². The fourth-order valence-corrected chi connectivity index (χ4v) is 2.75. The van der Waals surface area contributed by atoms with E-state index < -0.39 is 0 Å². The Balaban J connectivity index is 2.42. The fourth-order valence-electron chi connectivity index (χ4n) is 2.75. The van der Waals surface area contributed by atoms with Gasteiger partial charge in [-0.05, 0) is 24.0 Å². The molecule has 0 spiro atoms. The Morgan fingerprint density at radius 3 is 2.26 bits per heavy atom. The van der Waals surface area contributed by atoms with Crippen LogP contribution in [0.4, 0.5) is 0 Å². The molecule has 0 aromatic heterocycles. The zero-order chi connectivity index (χ0) is 14.0. The minimum atomic E-state index is -0.0673. The number of ether oxygens (including phenoxy) is 2. The van der Waals surface area contributed by atoms with Gasteiger partial charge in [-0.3, -0.25) is 4.79 Å². The van der Waals surface area contributed by atoms with Gasteiger partial charge in [0.15, 0.2) is 0 Å². The van der Waals surface area contributed by atoms with Crippen molar-refractivity contribution in [2.24, 2.45) is 5.41 Å². The van der Waals surface area contributed by atoms with Crippen LogP contribution < -0.4 is 14.8 Å². The van der Waals surface area contributed by atoms with Crippen LogP contribution in [0, 0.1) is 5.41 Å². The van der Waals surface area contributed by atoms with Crippen molar-refractivity contribution in [2.75, 3.05) is 14.2 Å². The monoisotopic (exact) mass is 263 g/mol. The summed E-state index contributed by atoms with van der Waals surface area (Å²) < 4.78 is 10.8. The Morgan fingerprint density at radius 1 is 1.21 bits per heavy atom. The van der Waals surface area contributed by atoms with Gasteiger partial charge < -0.3 is 14.8 Å². The zero-order valence-electron chi connectivity index (χ0n) is 11.9. The summed E-state index contributed by atoms with van der Waals surface area (Å²) in [6.07, 6.45) is 1.43. The van der Waals surface area contributed by atoms with E-state index in [0.29, 0.717) is 6.42 Å². The second-order valence-corrected chi connectivity index (χ2v) is 5.74. The maximum absolute atomic E-state index is 11.9. The van der Waals surface area contributed by atoms with Crippen molar-refractivity contribution < 1.29 is 14.3 Å². The van der Waals surface area contributed by atoms with E-state index in [1.165, 1.54) is 0 Å². The topological polar surface area (TPSA) is 47.6 Å². The standard InChI is InChI=1S/C15H21NO3/c1-15(2)8-10(16-13(17)9-15)14-11(18-3)6-5-7-12(14)19-4/h5-7,10H,8-9H2,1-4H3,(H,16,17). The maximum Gasteiger partial charge on any atom is 0.221 e. The molecule has 4 nitrogen and oxygen atoms in total. The molecule has 1 N–H and O–H groups in total. The summed E-state index contributed by atoms with van der Waals surface area (Å²) in [7, 11) is 3.27. The molecule has 1 fully saturated rings. The van der Waals surface area contributed by atoms with Gasteiger partial charge in [-0.15, -0.1) is 0 Å². The third-order valence-electron chi connectivity index (χ3n) is 3.55. The number of carbonyl (C=O) groups is 1. The highest BCUT2D eigenvalue weighted by atomic mass is 16.5. The van der Waals surface area contributed by atoms with Gasteiger partial charge >= 0.3 is 0 Å². The van der Waals surface area contributed by atoms with E-state index in [0.717, 1.165) is 23.5 Å². The summed E-state index contributed by atoms with van der Waals surface area (Å²) in [6.45, 7) is 4.22. The molecule has 4 heteroatoms. The van der Waals surface area contributed by atoms with E-state index in [9.17, 15) is 4.79 Å². The number of benzene rings is 1. The molecular weight excluding hydrogens is 242 g/mol. The number of hydrogen-bond acceptors (Lipinski definition) is 3. The minimum Gasteiger partial charge on any atom is -0.496 e. The first kappa shape index (κ1) is 13.7. The summed E-state index contributed by atoms with van der Waals surface area (Å²) in [4.78, 5) is 11.9. The highest BCUT2D eigenvalue weighted by Crippen LogP contribution is 2.43. The SMILES string of the molecule is COc1cccc(OC)c1C1CC(C)(C)CC(=O)N1. The smallest absolute Gasteiger partial charge is 0.221 e. The molecule has 0 aliphatic carbocycles. The van der Waals surface area contributed by atoms with Crippen LogP contribution in [0.3, 0.4) is 0 Å². The first-order valence-corrected chi connectivity index (χ1v) is 6.47. The molecule has 1 unspecified atom stereocenters. The number of carbonyl (C=O) groups excluding carboxylic acids is 1. The quantitative estimate of drug-likeness (QED) is 0.912. The van der Waals surface area contributed by atoms with Crippen LogP contribution in [0.5, 0.6) is 11.5 Å². The second kappa shape index (κ2) is 5.11. The van der Waals surface area contributed by atoms with E-state index in [-0.39, 0.29) is 17.4 Å². The van der Waals surface area contributed by atoms with Gasteiger partial charge in [-0.2, -0.15) is 0 Å². The lowest BCUT2D eigenvalue weighted by Crippen LogP contribution is -2.40. The van der Waals surface area contributed by atoms with Gasteiger partial charge in [0.05, 0.1) is 25.8 Å². The summed E-state index contributed by atoms with van der Waals surface area (Å²) in [5.74, 6) is 1.58. The molecule has 1 aromatic rings. The van der Waals surface area contributed by atoms with Crippen molar-refractivity contribution in [2.45, 2.75) is 32.7 Å². The number of nitrogens with one attached hydrogen (secondary N) is 1. The lowest BCUT2D eigenvalue weighted by Gasteiger charge is -2.36. The molecule has 0 bridgehead atoms. The number of rotatable bonds is 3. The number of amides is 1. The van der Waals surface area contributed by atoms with Crippen LogP contribution in [-0.2, 0) is 4.79 Å².